The molecule has 0 radical (unpaired) electrons. The van der Waals surface area contributed by atoms with Gasteiger partial charge in [-0.3, -0.25) is 4.79 Å². The van der Waals surface area contributed by atoms with Crippen LogP contribution in [-0.4, -0.2) is 24.7 Å². The smallest absolute Gasteiger partial charge is 0.306 e. The molecule has 1 aliphatic carbocycles. The van der Waals surface area contributed by atoms with E-state index in [4.69, 9.17) is 9.84 Å². The highest BCUT2D eigenvalue weighted by Gasteiger charge is 2.25. The second-order valence-electron chi connectivity index (χ2n) is 6.00. The monoisotopic (exact) mass is 291 g/mol. The van der Waals surface area contributed by atoms with Gasteiger partial charge >= 0.3 is 5.97 Å². The normalized spacial score (nSPS) is 22.0. The predicted octanol–water partition coefficient (Wildman–Crippen LogP) is 2.98. The number of carbonyl (C=O) groups is 1. The molecule has 0 amide bonds. The molecular weight excluding hydrogens is 266 g/mol. The SMILES string of the molecule is COc1ccc(C)cc1CNCC1CCC(C(=O)O)CC1. The highest BCUT2D eigenvalue weighted by atomic mass is 16.5. The molecule has 2 N–H and O–H groups in total. The fourth-order valence-electron chi connectivity index (χ4n) is 3.07. The summed E-state index contributed by atoms with van der Waals surface area (Å²) in [7, 11) is 1.70. The highest BCUT2D eigenvalue weighted by Crippen LogP contribution is 2.28. The third-order valence-corrected chi connectivity index (χ3v) is 4.38. The van der Waals surface area contributed by atoms with Crippen molar-refractivity contribution in [1.29, 1.82) is 0 Å². The summed E-state index contributed by atoms with van der Waals surface area (Å²) < 4.78 is 5.38. The Hall–Kier alpha value is -1.55. The maximum atomic E-state index is 10.9. The summed E-state index contributed by atoms with van der Waals surface area (Å²) in [4.78, 5) is 10.9. The van der Waals surface area contributed by atoms with Crippen molar-refractivity contribution >= 4 is 5.97 Å². The van der Waals surface area contributed by atoms with Crippen molar-refractivity contribution in [2.24, 2.45) is 11.8 Å². The van der Waals surface area contributed by atoms with Crippen LogP contribution in [-0.2, 0) is 11.3 Å². The number of hydrogen-bond acceptors (Lipinski definition) is 3. The third kappa shape index (κ3) is 4.46. The van der Waals surface area contributed by atoms with Crippen molar-refractivity contribution in [2.45, 2.75) is 39.2 Å². The van der Waals surface area contributed by atoms with E-state index in [1.165, 1.54) is 11.1 Å². The number of aryl methyl sites for hydroxylation is 1. The first-order chi connectivity index (χ1) is 10.1. The topological polar surface area (TPSA) is 58.6 Å². The van der Waals surface area contributed by atoms with Gasteiger partial charge in [0.05, 0.1) is 13.0 Å². The van der Waals surface area contributed by atoms with E-state index in [1.54, 1.807) is 7.11 Å². The lowest BCUT2D eigenvalue weighted by molar-refractivity contribution is -0.143. The average Bonchev–Trinajstić information content (AvgIpc) is 2.48. The van der Waals surface area contributed by atoms with Crippen molar-refractivity contribution < 1.29 is 14.6 Å². The first-order valence-corrected chi connectivity index (χ1v) is 7.67. The molecule has 1 aromatic rings. The van der Waals surface area contributed by atoms with Crippen LogP contribution in [0.15, 0.2) is 18.2 Å². The molecule has 1 aromatic carbocycles. The molecule has 0 aromatic heterocycles. The molecule has 21 heavy (non-hydrogen) atoms. The molecule has 0 unspecified atom stereocenters. The quantitative estimate of drug-likeness (QED) is 0.846. The highest BCUT2D eigenvalue weighted by molar-refractivity contribution is 5.69. The lowest BCUT2D eigenvalue weighted by atomic mass is 9.82. The molecule has 0 bridgehead atoms. The zero-order valence-corrected chi connectivity index (χ0v) is 12.9. The Labute approximate surface area is 126 Å². The van der Waals surface area contributed by atoms with Gasteiger partial charge in [-0.2, -0.15) is 0 Å². The number of carboxylic acids is 1. The molecule has 1 aliphatic rings. The van der Waals surface area contributed by atoms with Gasteiger partial charge in [0.15, 0.2) is 0 Å². The molecule has 2 rings (SSSR count). The average molecular weight is 291 g/mol. The number of benzene rings is 1. The van der Waals surface area contributed by atoms with E-state index in [0.29, 0.717) is 5.92 Å². The zero-order chi connectivity index (χ0) is 15.2. The zero-order valence-electron chi connectivity index (χ0n) is 12.9. The van der Waals surface area contributed by atoms with Crippen LogP contribution in [0.25, 0.3) is 0 Å². The van der Waals surface area contributed by atoms with Crippen LogP contribution in [0.4, 0.5) is 0 Å². The molecule has 4 heteroatoms. The molecule has 0 atom stereocenters. The number of hydrogen-bond donors (Lipinski definition) is 2. The van der Waals surface area contributed by atoms with Crippen LogP contribution in [0.5, 0.6) is 5.75 Å². The molecule has 116 valence electrons. The second-order valence-corrected chi connectivity index (χ2v) is 6.00. The maximum absolute atomic E-state index is 10.9. The Kier molecular flexibility index (Phi) is 5.62. The van der Waals surface area contributed by atoms with Crippen molar-refractivity contribution in [1.82, 2.24) is 5.32 Å². The third-order valence-electron chi connectivity index (χ3n) is 4.38. The van der Waals surface area contributed by atoms with Gasteiger partial charge in [0.1, 0.15) is 5.75 Å². The van der Waals surface area contributed by atoms with Gasteiger partial charge in [-0.1, -0.05) is 17.7 Å². The first kappa shape index (κ1) is 15.8. The Balaban J connectivity index is 1.78. The number of methoxy groups -OCH3 is 1. The second kappa shape index (κ2) is 7.46. The first-order valence-electron chi connectivity index (χ1n) is 7.67. The number of aliphatic carboxylic acids is 1. The molecule has 0 spiro atoms. The van der Waals surface area contributed by atoms with Crippen molar-refractivity contribution in [3.05, 3.63) is 29.3 Å². The van der Waals surface area contributed by atoms with Crippen molar-refractivity contribution in [3.63, 3.8) is 0 Å². The van der Waals surface area contributed by atoms with Gasteiger partial charge in [0.2, 0.25) is 0 Å². The van der Waals surface area contributed by atoms with E-state index in [9.17, 15) is 4.79 Å². The van der Waals surface area contributed by atoms with Gasteiger partial charge < -0.3 is 15.2 Å². The largest absolute Gasteiger partial charge is 0.496 e. The number of carboxylic acid groups (broad SMARTS) is 1. The summed E-state index contributed by atoms with van der Waals surface area (Å²) in [5, 5.41) is 12.5. The predicted molar refractivity (Wildman–Crippen MR) is 82.5 cm³/mol. The van der Waals surface area contributed by atoms with E-state index in [2.05, 4.69) is 24.4 Å². The molecule has 0 saturated heterocycles. The number of ether oxygens (including phenoxy) is 1. The van der Waals surface area contributed by atoms with E-state index >= 15 is 0 Å². The van der Waals surface area contributed by atoms with Crippen molar-refractivity contribution in [2.75, 3.05) is 13.7 Å². The Bertz CT molecular complexity index is 479. The summed E-state index contributed by atoms with van der Waals surface area (Å²) in [5.41, 5.74) is 2.41. The molecular formula is C17H25NO3. The summed E-state index contributed by atoms with van der Waals surface area (Å²) in [6, 6.07) is 6.20. The molecule has 1 fully saturated rings. The summed E-state index contributed by atoms with van der Waals surface area (Å²) in [5.74, 6) is 0.753. The standard InChI is InChI=1S/C17H25NO3/c1-12-3-8-16(21-2)15(9-12)11-18-10-13-4-6-14(7-5-13)17(19)20/h3,8-9,13-14,18H,4-7,10-11H2,1-2H3,(H,19,20). The van der Waals surface area contributed by atoms with E-state index in [0.717, 1.165) is 44.5 Å². The van der Waals surface area contributed by atoms with Gasteiger partial charge in [0, 0.05) is 12.1 Å². The van der Waals surface area contributed by atoms with E-state index in [1.807, 2.05) is 6.07 Å². The Morgan fingerprint density at radius 1 is 1.33 bits per heavy atom. The van der Waals surface area contributed by atoms with Crippen LogP contribution in [0.1, 0.15) is 36.8 Å². The van der Waals surface area contributed by atoms with Gasteiger partial charge in [-0.15, -0.1) is 0 Å². The Morgan fingerprint density at radius 2 is 2.05 bits per heavy atom. The number of rotatable bonds is 6. The fourth-order valence-corrected chi connectivity index (χ4v) is 3.07. The lowest BCUT2D eigenvalue weighted by Gasteiger charge is -2.26. The maximum Gasteiger partial charge on any atom is 0.306 e. The molecule has 0 aliphatic heterocycles. The minimum absolute atomic E-state index is 0.127. The summed E-state index contributed by atoms with van der Waals surface area (Å²) in [6.45, 7) is 3.82. The van der Waals surface area contributed by atoms with Gasteiger partial charge in [0.25, 0.3) is 0 Å². The minimum Gasteiger partial charge on any atom is -0.496 e. The van der Waals surface area contributed by atoms with Gasteiger partial charge in [-0.05, 0) is 51.1 Å². The minimum atomic E-state index is -0.633. The van der Waals surface area contributed by atoms with Crippen LogP contribution < -0.4 is 10.1 Å². The van der Waals surface area contributed by atoms with Crippen LogP contribution in [0.3, 0.4) is 0 Å². The lowest BCUT2D eigenvalue weighted by Crippen LogP contribution is -2.28. The molecule has 0 heterocycles. The van der Waals surface area contributed by atoms with Crippen LogP contribution >= 0.6 is 0 Å². The summed E-state index contributed by atoms with van der Waals surface area (Å²) in [6.07, 6.45) is 3.65. The van der Waals surface area contributed by atoms with E-state index < -0.39 is 5.97 Å². The number of nitrogens with one attached hydrogen (secondary N) is 1. The van der Waals surface area contributed by atoms with Crippen molar-refractivity contribution in [3.8, 4) is 5.75 Å². The van der Waals surface area contributed by atoms with Gasteiger partial charge in [-0.25, -0.2) is 0 Å². The summed E-state index contributed by atoms with van der Waals surface area (Å²) >= 11 is 0. The fraction of sp³-hybridized carbons (Fsp3) is 0.588. The van der Waals surface area contributed by atoms with E-state index in [-0.39, 0.29) is 5.92 Å². The molecule has 4 nitrogen and oxygen atoms in total. The van der Waals surface area contributed by atoms with Crippen LogP contribution in [0.2, 0.25) is 0 Å². The Morgan fingerprint density at radius 3 is 2.67 bits per heavy atom. The van der Waals surface area contributed by atoms with Crippen LogP contribution in [0, 0.1) is 18.8 Å². The molecule has 1 saturated carbocycles.